The van der Waals surface area contributed by atoms with E-state index in [-0.39, 0.29) is 0 Å². The molecule has 0 amide bonds. The quantitative estimate of drug-likeness (QED) is 0.516. The van der Waals surface area contributed by atoms with Crippen molar-refractivity contribution in [1.82, 2.24) is 0 Å². The predicted octanol–water partition coefficient (Wildman–Crippen LogP) is 5.32. The highest BCUT2D eigenvalue weighted by Crippen LogP contribution is 2.22. The minimum Gasteiger partial charge on any atom is -0.383 e. The molecule has 0 atom stereocenters. The van der Waals surface area contributed by atoms with Crippen molar-refractivity contribution in [2.75, 3.05) is 0 Å². The molecule has 0 spiro atoms. The molecule has 3 rings (SSSR count). The van der Waals surface area contributed by atoms with Gasteiger partial charge < -0.3 is 5.73 Å². The number of hydrogen-bond acceptors (Lipinski definition) is 1. The number of rotatable bonds is 3. The summed E-state index contributed by atoms with van der Waals surface area (Å²) in [5, 5.41) is 0. The Bertz CT molecular complexity index is 873. The van der Waals surface area contributed by atoms with E-state index in [2.05, 4.69) is 73.4 Å². The maximum absolute atomic E-state index is 6.20. The van der Waals surface area contributed by atoms with E-state index in [9.17, 15) is 0 Å². The predicted molar refractivity (Wildman–Crippen MR) is 103 cm³/mol. The lowest BCUT2D eigenvalue weighted by Gasteiger charge is -2.07. The van der Waals surface area contributed by atoms with Gasteiger partial charge in [-0.25, -0.2) is 4.99 Å². The summed E-state index contributed by atoms with van der Waals surface area (Å²) in [5.41, 5.74) is 14.0. The van der Waals surface area contributed by atoms with Gasteiger partial charge >= 0.3 is 0 Å². The van der Waals surface area contributed by atoms with Crippen molar-refractivity contribution in [3.63, 3.8) is 0 Å². The number of nitrogens with zero attached hydrogens (tertiary/aromatic N) is 1. The summed E-state index contributed by atoms with van der Waals surface area (Å²) in [6, 6.07) is 23.0. The average Bonchev–Trinajstić information content (AvgIpc) is 2.59. The molecule has 2 heteroatoms. The van der Waals surface area contributed by atoms with E-state index in [1.54, 1.807) is 0 Å². The highest BCUT2D eigenvalue weighted by atomic mass is 14.9. The first-order chi connectivity index (χ1) is 11.5. The van der Waals surface area contributed by atoms with Gasteiger partial charge in [0.1, 0.15) is 5.84 Å². The van der Waals surface area contributed by atoms with Gasteiger partial charge in [0, 0.05) is 5.56 Å². The Hall–Kier alpha value is -2.87. The molecule has 24 heavy (non-hydrogen) atoms. The van der Waals surface area contributed by atoms with Crippen molar-refractivity contribution in [2.45, 2.75) is 20.8 Å². The SMILES string of the molecule is Cc1ccc(-c2ccc(C(N)=Nc3cc(C)ccc3C)cc2)cc1. The molecule has 0 saturated carbocycles. The largest absolute Gasteiger partial charge is 0.383 e. The van der Waals surface area contributed by atoms with E-state index in [1.807, 2.05) is 19.1 Å². The van der Waals surface area contributed by atoms with Crippen LogP contribution in [0.2, 0.25) is 0 Å². The first-order valence-electron chi connectivity index (χ1n) is 8.12. The third kappa shape index (κ3) is 3.54. The maximum atomic E-state index is 6.20. The van der Waals surface area contributed by atoms with Gasteiger partial charge in [-0.2, -0.15) is 0 Å². The van der Waals surface area contributed by atoms with Crippen LogP contribution in [0.3, 0.4) is 0 Å². The van der Waals surface area contributed by atoms with Crippen molar-refractivity contribution >= 4 is 11.5 Å². The second-order valence-electron chi connectivity index (χ2n) is 6.23. The summed E-state index contributed by atoms with van der Waals surface area (Å²) in [5.74, 6) is 0.541. The normalized spacial score (nSPS) is 11.5. The molecule has 0 heterocycles. The molecule has 0 aliphatic carbocycles. The topological polar surface area (TPSA) is 38.4 Å². The van der Waals surface area contributed by atoms with E-state index in [0.717, 1.165) is 16.8 Å². The number of hydrogen-bond donors (Lipinski definition) is 1. The van der Waals surface area contributed by atoms with Crippen molar-refractivity contribution in [3.8, 4) is 11.1 Å². The summed E-state index contributed by atoms with van der Waals surface area (Å²) in [6.07, 6.45) is 0. The first kappa shape index (κ1) is 16.0. The van der Waals surface area contributed by atoms with Gasteiger partial charge in [-0.15, -0.1) is 0 Å². The Kier molecular flexibility index (Phi) is 4.48. The molecule has 0 bridgehead atoms. The zero-order valence-electron chi connectivity index (χ0n) is 14.4. The van der Waals surface area contributed by atoms with E-state index >= 15 is 0 Å². The zero-order chi connectivity index (χ0) is 17.1. The standard InChI is InChI=1S/C22H22N2/c1-15-5-8-18(9-6-15)19-10-12-20(13-11-19)22(23)24-21-14-16(2)4-7-17(21)3/h4-14H,1-3H3,(H2,23,24). The summed E-state index contributed by atoms with van der Waals surface area (Å²) in [4.78, 5) is 4.60. The summed E-state index contributed by atoms with van der Waals surface area (Å²) >= 11 is 0. The Morgan fingerprint density at radius 1 is 0.708 bits per heavy atom. The molecule has 3 aromatic rings. The van der Waals surface area contributed by atoms with Gasteiger partial charge in [-0.1, -0.05) is 66.2 Å². The van der Waals surface area contributed by atoms with Gasteiger partial charge in [0.2, 0.25) is 0 Å². The summed E-state index contributed by atoms with van der Waals surface area (Å²) < 4.78 is 0. The molecule has 0 aliphatic rings. The van der Waals surface area contributed by atoms with Crippen LogP contribution in [0, 0.1) is 20.8 Å². The maximum Gasteiger partial charge on any atom is 0.131 e. The van der Waals surface area contributed by atoms with Crippen molar-refractivity contribution in [3.05, 3.63) is 89.0 Å². The van der Waals surface area contributed by atoms with E-state index < -0.39 is 0 Å². The lowest BCUT2D eigenvalue weighted by atomic mass is 10.0. The Labute approximate surface area is 143 Å². The van der Waals surface area contributed by atoms with E-state index in [4.69, 9.17) is 5.73 Å². The second-order valence-corrected chi connectivity index (χ2v) is 6.23. The molecule has 0 aromatic heterocycles. The smallest absolute Gasteiger partial charge is 0.131 e. The van der Waals surface area contributed by atoms with Crippen LogP contribution in [0.15, 0.2) is 71.7 Å². The van der Waals surface area contributed by atoms with Gasteiger partial charge in [0.25, 0.3) is 0 Å². The van der Waals surface area contributed by atoms with Crippen LogP contribution in [0.25, 0.3) is 11.1 Å². The monoisotopic (exact) mass is 314 g/mol. The van der Waals surface area contributed by atoms with E-state index in [0.29, 0.717) is 5.84 Å². The molecule has 120 valence electrons. The van der Waals surface area contributed by atoms with Gasteiger partial charge in [0.05, 0.1) is 5.69 Å². The lowest BCUT2D eigenvalue weighted by molar-refractivity contribution is 1.34. The molecule has 0 radical (unpaired) electrons. The van der Waals surface area contributed by atoms with Crippen LogP contribution in [-0.2, 0) is 0 Å². The fraction of sp³-hybridized carbons (Fsp3) is 0.136. The number of benzene rings is 3. The van der Waals surface area contributed by atoms with Crippen molar-refractivity contribution in [1.29, 1.82) is 0 Å². The number of nitrogens with two attached hydrogens (primary N) is 1. The Morgan fingerprint density at radius 2 is 1.25 bits per heavy atom. The zero-order valence-corrected chi connectivity index (χ0v) is 14.4. The first-order valence-corrected chi connectivity index (χ1v) is 8.12. The van der Waals surface area contributed by atoms with Crippen LogP contribution in [0.5, 0.6) is 0 Å². The molecule has 2 nitrogen and oxygen atoms in total. The Morgan fingerprint density at radius 3 is 1.88 bits per heavy atom. The number of amidine groups is 1. The van der Waals surface area contributed by atoms with Crippen LogP contribution in [0.1, 0.15) is 22.3 Å². The molecule has 2 N–H and O–H groups in total. The number of aliphatic imine (C=N–C) groups is 1. The third-order valence-corrected chi connectivity index (χ3v) is 4.17. The van der Waals surface area contributed by atoms with Gasteiger partial charge in [-0.05, 0) is 49.1 Å². The second kappa shape index (κ2) is 6.71. The number of aryl methyl sites for hydroxylation is 3. The van der Waals surface area contributed by atoms with Crippen LogP contribution in [-0.4, -0.2) is 5.84 Å². The highest BCUT2D eigenvalue weighted by molar-refractivity contribution is 5.99. The minimum absolute atomic E-state index is 0.541. The molecular formula is C22H22N2. The van der Waals surface area contributed by atoms with Crippen LogP contribution >= 0.6 is 0 Å². The van der Waals surface area contributed by atoms with Crippen LogP contribution < -0.4 is 5.73 Å². The molecule has 0 fully saturated rings. The van der Waals surface area contributed by atoms with Gasteiger partial charge in [-0.3, -0.25) is 0 Å². The third-order valence-electron chi connectivity index (χ3n) is 4.17. The average molecular weight is 314 g/mol. The molecule has 3 aromatic carbocycles. The fourth-order valence-corrected chi connectivity index (χ4v) is 2.61. The van der Waals surface area contributed by atoms with Gasteiger partial charge in [0.15, 0.2) is 0 Å². The van der Waals surface area contributed by atoms with E-state index in [1.165, 1.54) is 22.3 Å². The Balaban J connectivity index is 1.88. The molecule has 0 aliphatic heterocycles. The fourth-order valence-electron chi connectivity index (χ4n) is 2.61. The summed E-state index contributed by atoms with van der Waals surface area (Å²) in [7, 11) is 0. The van der Waals surface area contributed by atoms with Crippen LogP contribution in [0.4, 0.5) is 5.69 Å². The highest BCUT2D eigenvalue weighted by Gasteiger charge is 2.03. The minimum atomic E-state index is 0.541. The van der Waals surface area contributed by atoms with Crippen molar-refractivity contribution in [2.24, 2.45) is 10.7 Å². The molecule has 0 saturated heterocycles. The molecule has 0 unspecified atom stereocenters. The lowest BCUT2D eigenvalue weighted by Crippen LogP contribution is -2.12. The summed E-state index contributed by atoms with van der Waals surface area (Å²) in [6.45, 7) is 6.20. The molecular weight excluding hydrogens is 292 g/mol. The van der Waals surface area contributed by atoms with Crippen molar-refractivity contribution < 1.29 is 0 Å².